The average molecular weight is 281 g/mol. The molecule has 0 radical (unpaired) electrons. The minimum Gasteiger partial charge on any atom is -0.444 e. The highest BCUT2D eigenvalue weighted by molar-refractivity contribution is 5.90. The number of nitriles is 1. The molecule has 1 saturated carbocycles. The Bertz CT molecular complexity index is 401. The van der Waals surface area contributed by atoms with Crippen LogP contribution in [0.4, 0.5) is 4.79 Å². The van der Waals surface area contributed by atoms with Crippen molar-refractivity contribution < 1.29 is 14.3 Å². The normalized spacial score (nSPS) is 17.7. The van der Waals surface area contributed by atoms with Crippen molar-refractivity contribution in [3.8, 4) is 6.07 Å². The zero-order valence-corrected chi connectivity index (χ0v) is 12.4. The topological polar surface area (TPSA) is 91.2 Å². The number of amides is 2. The second-order valence-electron chi connectivity index (χ2n) is 6.11. The van der Waals surface area contributed by atoms with Gasteiger partial charge in [0.15, 0.2) is 0 Å². The van der Waals surface area contributed by atoms with E-state index in [1.165, 1.54) is 0 Å². The molecule has 0 heterocycles. The summed E-state index contributed by atoms with van der Waals surface area (Å²) in [6.45, 7) is 5.26. The summed E-state index contributed by atoms with van der Waals surface area (Å²) in [5.41, 5.74) is -1.56. The smallest absolute Gasteiger partial charge is 0.408 e. The Morgan fingerprint density at radius 3 is 2.35 bits per heavy atom. The zero-order chi connectivity index (χ0) is 15.2. The number of rotatable bonds is 3. The van der Waals surface area contributed by atoms with Crippen molar-refractivity contribution in [1.29, 1.82) is 5.26 Å². The molecule has 1 rings (SSSR count). The van der Waals surface area contributed by atoms with Gasteiger partial charge in [-0.3, -0.25) is 4.79 Å². The van der Waals surface area contributed by atoms with E-state index >= 15 is 0 Å². The Kier molecular flexibility index (Phi) is 5.37. The summed E-state index contributed by atoms with van der Waals surface area (Å²) >= 11 is 0. The van der Waals surface area contributed by atoms with Gasteiger partial charge in [0.1, 0.15) is 17.7 Å². The number of ether oxygens (including phenoxy) is 1. The van der Waals surface area contributed by atoms with E-state index in [0.717, 1.165) is 19.3 Å². The monoisotopic (exact) mass is 281 g/mol. The molecule has 0 bridgehead atoms. The van der Waals surface area contributed by atoms with Crippen LogP contribution in [0, 0.1) is 11.3 Å². The summed E-state index contributed by atoms with van der Waals surface area (Å²) < 4.78 is 5.23. The molecule has 0 unspecified atom stereocenters. The average Bonchev–Trinajstić information content (AvgIpc) is 2.34. The third kappa shape index (κ3) is 4.72. The van der Waals surface area contributed by atoms with Gasteiger partial charge >= 0.3 is 6.09 Å². The molecule has 0 saturated heterocycles. The third-order valence-electron chi connectivity index (χ3n) is 3.21. The molecule has 2 N–H and O–H groups in total. The molecular weight excluding hydrogens is 258 g/mol. The first-order chi connectivity index (χ1) is 9.29. The number of hydrogen-bond donors (Lipinski definition) is 2. The van der Waals surface area contributed by atoms with Crippen molar-refractivity contribution in [2.45, 2.75) is 64.0 Å². The van der Waals surface area contributed by atoms with Crippen LogP contribution in [0.3, 0.4) is 0 Å². The molecular formula is C14H23N3O3. The minimum atomic E-state index is -0.947. The predicted molar refractivity (Wildman–Crippen MR) is 73.8 cm³/mol. The standard InChI is InChI=1S/C14H23N3O3/c1-13(2,3)20-12(19)17-14(7-5-4-6-8-14)11(18)16-10-9-15/h4-8,10H2,1-3H3,(H,16,18)(H,17,19). The van der Waals surface area contributed by atoms with E-state index in [0.29, 0.717) is 12.8 Å². The van der Waals surface area contributed by atoms with Crippen molar-refractivity contribution in [2.75, 3.05) is 6.54 Å². The lowest BCUT2D eigenvalue weighted by molar-refractivity contribution is -0.128. The highest BCUT2D eigenvalue weighted by Gasteiger charge is 2.41. The van der Waals surface area contributed by atoms with Crippen LogP contribution in [0.2, 0.25) is 0 Å². The molecule has 0 aromatic carbocycles. The van der Waals surface area contributed by atoms with Crippen LogP contribution in [0.5, 0.6) is 0 Å². The number of carbonyl (C=O) groups excluding carboxylic acids is 2. The number of nitrogens with one attached hydrogen (secondary N) is 2. The molecule has 1 fully saturated rings. The number of hydrogen-bond acceptors (Lipinski definition) is 4. The molecule has 0 aromatic rings. The van der Waals surface area contributed by atoms with Crippen molar-refractivity contribution in [3.63, 3.8) is 0 Å². The Balaban J connectivity index is 2.76. The summed E-state index contributed by atoms with van der Waals surface area (Å²) in [4.78, 5) is 24.2. The van der Waals surface area contributed by atoms with Crippen LogP contribution >= 0.6 is 0 Å². The largest absolute Gasteiger partial charge is 0.444 e. The zero-order valence-electron chi connectivity index (χ0n) is 12.4. The molecule has 0 atom stereocenters. The van der Waals surface area contributed by atoms with Gasteiger partial charge in [0.25, 0.3) is 0 Å². The molecule has 1 aliphatic rings. The molecule has 0 aromatic heterocycles. The first kappa shape index (κ1) is 16.3. The summed E-state index contributed by atoms with van der Waals surface area (Å²) in [7, 11) is 0. The van der Waals surface area contributed by atoms with Crippen LogP contribution in [-0.4, -0.2) is 29.7 Å². The van der Waals surface area contributed by atoms with Gasteiger partial charge in [-0.15, -0.1) is 0 Å². The summed E-state index contributed by atoms with van der Waals surface area (Å²) in [6, 6.07) is 1.87. The van der Waals surface area contributed by atoms with E-state index in [4.69, 9.17) is 10.00 Å². The van der Waals surface area contributed by atoms with Gasteiger partial charge in [-0.2, -0.15) is 5.26 Å². The Hall–Kier alpha value is -1.77. The number of carbonyl (C=O) groups is 2. The first-order valence-electron chi connectivity index (χ1n) is 6.95. The first-order valence-corrected chi connectivity index (χ1v) is 6.95. The highest BCUT2D eigenvalue weighted by atomic mass is 16.6. The minimum absolute atomic E-state index is 0.0589. The van der Waals surface area contributed by atoms with Gasteiger partial charge in [0.2, 0.25) is 5.91 Å². The third-order valence-corrected chi connectivity index (χ3v) is 3.21. The van der Waals surface area contributed by atoms with E-state index in [-0.39, 0.29) is 12.5 Å². The van der Waals surface area contributed by atoms with Crippen molar-refractivity contribution in [3.05, 3.63) is 0 Å². The lowest BCUT2D eigenvalue weighted by atomic mass is 9.81. The molecule has 6 heteroatoms. The van der Waals surface area contributed by atoms with Gasteiger partial charge in [-0.05, 0) is 33.6 Å². The number of alkyl carbamates (subject to hydrolysis) is 1. The lowest BCUT2D eigenvalue weighted by Gasteiger charge is -2.36. The van der Waals surface area contributed by atoms with Crippen molar-refractivity contribution in [1.82, 2.24) is 10.6 Å². The Labute approximate surface area is 119 Å². The van der Waals surface area contributed by atoms with Gasteiger partial charge in [0.05, 0.1) is 6.07 Å². The van der Waals surface area contributed by atoms with Gasteiger partial charge < -0.3 is 15.4 Å². The molecule has 0 spiro atoms. The maximum absolute atomic E-state index is 12.2. The summed E-state index contributed by atoms with van der Waals surface area (Å²) in [6.07, 6.45) is 3.34. The second-order valence-corrected chi connectivity index (χ2v) is 6.11. The van der Waals surface area contributed by atoms with Gasteiger partial charge in [-0.1, -0.05) is 19.3 Å². The maximum atomic E-state index is 12.2. The van der Waals surface area contributed by atoms with Crippen LogP contribution in [0.1, 0.15) is 52.9 Å². The molecule has 20 heavy (non-hydrogen) atoms. The summed E-state index contributed by atoms with van der Waals surface area (Å²) in [5, 5.41) is 13.8. The Morgan fingerprint density at radius 1 is 1.25 bits per heavy atom. The van der Waals surface area contributed by atoms with Crippen molar-refractivity contribution in [2.24, 2.45) is 0 Å². The van der Waals surface area contributed by atoms with Crippen LogP contribution in [0.15, 0.2) is 0 Å². The lowest BCUT2D eigenvalue weighted by Crippen LogP contribution is -2.60. The second kappa shape index (κ2) is 6.60. The maximum Gasteiger partial charge on any atom is 0.408 e. The number of nitrogens with zero attached hydrogens (tertiary/aromatic N) is 1. The molecule has 112 valence electrons. The van der Waals surface area contributed by atoms with E-state index in [2.05, 4.69) is 10.6 Å². The molecule has 0 aliphatic heterocycles. The van der Waals surface area contributed by atoms with Crippen LogP contribution < -0.4 is 10.6 Å². The SMILES string of the molecule is CC(C)(C)OC(=O)NC1(C(=O)NCC#N)CCCCC1. The molecule has 6 nitrogen and oxygen atoms in total. The molecule has 1 aliphatic carbocycles. The van der Waals surface area contributed by atoms with Crippen LogP contribution in [-0.2, 0) is 9.53 Å². The Morgan fingerprint density at radius 2 is 1.85 bits per heavy atom. The van der Waals surface area contributed by atoms with E-state index < -0.39 is 17.2 Å². The molecule has 2 amide bonds. The highest BCUT2D eigenvalue weighted by Crippen LogP contribution is 2.29. The fourth-order valence-corrected chi connectivity index (χ4v) is 2.35. The van der Waals surface area contributed by atoms with Crippen molar-refractivity contribution >= 4 is 12.0 Å². The quantitative estimate of drug-likeness (QED) is 0.772. The predicted octanol–water partition coefficient (Wildman–Crippen LogP) is 1.85. The van der Waals surface area contributed by atoms with E-state index in [9.17, 15) is 9.59 Å². The van der Waals surface area contributed by atoms with Gasteiger partial charge in [0, 0.05) is 0 Å². The fourth-order valence-electron chi connectivity index (χ4n) is 2.35. The van der Waals surface area contributed by atoms with E-state index in [1.807, 2.05) is 6.07 Å². The van der Waals surface area contributed by atoms with E-state index in [1.54, 1.807) is 20.8 Å². The van der Waals surface area contributed by atoms with Crippen LogP contribution in [0.25, 0.3) is 0 Å². The van der Waals surface area contributed by atoms with Gasteiger partial charge in [-0.25, -0.2) is 4.79 Å². The fraction of sp³-hybridized carbons (Fsp3) is 0.786. The summed E-state index contributed by atoms with van der Waals surface area (Å²) in [5.74, 6) is -0.301.